The lowest BCUT2D eigenvalue weighted by Crippen LogP contribution is -2.28. The lowest BCUT2D eigenvalue weighted by atomic mass is 10.0. The van der Waals surface area contributed by atoms with Crippen LogP contribution in [-0.2, 0) is 6.54 Å². The molecule has 2 aromatic carbocycles. The van der Waals surface area contributed by atoms with Crippen molar-refractivity contribution in [3.8, 4) is 22.5 Å². The van der Waals surface area contributed by atoms with Crippen LogP contribution in [0, 0.1) is 0 Å². The van der Waals surface area contributed by atoms with E-state index in [-0.39, 0.29) is 5.69 Å². The number of aryl methyl sites for hydroxylation is 1. The average molecular weight is 421 g/mol. The fourth-order valence-electron chi connectivity index (χ4n) is 3.33. The van der Waals surface area contributed by atoms with E-state index in [0.717, 1.165) is 35.5 Å². The Hall–Kier alpha value is -3.19. The highest BCUT2D eigenvalue weighted by molar-refractivity contribution is 5.78. The highest BCUT2D eigenvalue weighted by Gasteiger charge is 2.15. The Balaban J connectivity index is 2.07. The van der Waals surface area contributed by atoms with Crippen LogP contribution < -0.4 is 15.5 Å². The lowest BCUT2D eigenvalue weighted by Gasteiger charge is -2.16. The Morgan fingerprint density at radius 2 is 1.23 bits per heavy atom. The second kappa shape index (κ2) is 9.75. The van der Waals surface area contributed by atoms with Gasteiger partial charge in [0, 0.05) is 57.2 Å². The molecule has 0 bridgehead atoms. The molecule has 0 unspecified atom stereocenters. The quantitative estimate of drug-likeness (QED) is 0.558. The van der Waals surface area contributed by atoms with Crippen LogP contribution in [0.5, 0.6) is 0 Å². The van der Waals surface area contributed by atoms with E-state index in [0.29, 0.717) is 17.9 Å². The summed E-state index contributed by atoms with van der Waals surface area (Å²) in [5.74, 6) is 0. The molecule has 0 aliphatic carbocycles. The molecule has 0 aliphatic rings. The van der Waals surface area contributed by atoms with Crippen molar-refractivity contribution < 1.29 is 0 Å². The number of aromatic nitrogens is 3. The zero-order valence-corrected chi connectivity index (χ0v) is 19.3. The molecule has 7 nitrogen and oxygen atoms in total. The SMILES string of the molecule is CN(C)CCCn1nc(-c2ccc(N(C)C)cc2)c(-c2ccc(N(C)C)cc2)nc1=O. The summed E-state index contributed by atoms with van der Waals surface area (Å²) in [4.78, 5) is 23.4. The highest BCUT2D eigenvalue weighted by atomic mass is 16.1. The molecular weight excluding hydrogens is 388 g/mol. The van der Waals surface area contributed by atoms with Gasteiger partial charge in [0.2, 0.25) is 0 Å². The van der Waals surface area contributed by atoms with Crippen LogP contribution in [0.3, 0.4) is 0 Å². The highest BCUT2D eigenvalue weighted by Crippen LogP contribution is 2.30. The number of nitrogens with zero attached hydrogens (tertiary/aromatic N) is 6. The summed E-state index contributed by atoms with van der Waals surface area (Å²) in [6, 6.07) is 16.2. The van der Waals surface area contributed by atoms with E-state index in [1.807, 2.05) is 83.6 Å². The molecule has 0 amide bonds. The van der Waals surface area contributed by atoms with Crippen LogP contribution >= 0.6 is 0 Å². The molecular formula is C24H32N6O. The molecule has 0 atom stereocenters. The van der Waals surface area contributed by atoms with Crippen LogP contribution in [0.4, 0.5) is 11.4 Å². The van der Waals surface area contributed by atoms with Crippen LogP contribution in [0.1, 0.15) is 6.42 Å². The minimum atomic E-state index is -0.320. The zero-order valence-electron chi connectivity index (χ0n) is 19.3. The molecule has 0 saturated heterocycles. The van der Waals surface area contributed by atoms with Crippen molar-refractivity contribution in [3.63, 3.8) is 0 Å². The monoisotopic (exact) mass is 420 g/mol. The summed E-state index contributed by atoms with van der Waals surface area (Å²) in [6.07, 6.45) is 0.831. The minimum absolute atomic E-state index is 0.320. The molecule has 0 saturated carbocycles. The number of benzene rings is 2. The standard InChI is InChI=1S/C24H32N6O/c1-27(2)16-7-17-30-24(31)25-22(18-8-12-20(13-9-18)28(3)4)23(26-30)19-10-14-21(15-11-19)29(5)6/h8-15H,7,16-17H2,1-6H3. The van der Waals surface area contributed by atoms with Crippen LogP contribution in [0.2, 0.25) is 0 Å². The van der Waals surface area contributed by atoms with Crippen molar-refractivity contribution in [2.24, 2.45) is 0 Å². The van der Waals surface area contributed by atoms with E-state index in [4.69, 9.17) is 5.10 Å². The van der Waals surface area contributed by atoms with Gasteiger partial charge in [-0.15, -0.1) is 0 Å². The normalized spacial score (nSPS) is 11.1. The minimum Gasteiger partial charge on any atom is -0.378 e. The van der Waals surface area contributed by atoms with Gasteiger partial charge in [0.05, 0.1) is 0 Å². The molecule has 1 aromatic heterocycles. The van der Waals surface area contributed by atoms with Gasteiger partial charge in [-0.1, -0.05) is 24.3 Å². The largest absolute Gasteiger partial charge is 0.378 e. The predicted octanol–water partition coefficient (Wildman–Crippen LogP) is 3.06. The van der Waals surface area contributed by atoms with Crippen molar-refractivity contribution in [2.45, 2.75) is 13.0 Å². The first-order valence-electron chi connectivity index (χ1n) is 10.5. The van der Waals surface area contributed by atoms with Crippen molar-refractivity contribution in [1.29, 1.82) is 0 Å². The third-order valence-corrected chi connectivity index (χ3v) is 5.16. The maximum atomic E-state index is 12.8. The zero-order chi connectivity index (χ0) is 22.5. The summed E-state index contributed by atoms with van der Waals surface area (Å²) in [5.41, 5.74) is 5.01. The number of rotatable bonds is 8. The van der Waals surface area contributed by atoms with E-state index < -0.39 is 0 Å². The van der Waals surface area contributed by atoms with Gasteiger partial charge in [-0.3, -0.25) is 0 Å². The first kappa shape index (κ1) is 22.5. The Labute approximate surface area is 184 Å². The molecule has 3 rings (SSSR count). The summed E-state index contributed by atoms with van der Waals surface area (Å²) in [5, 5.41) is 4.75. The van der Waals surface area contributed by atoms with Gasteiger partial charge >= 0.3 is 5.69 Å². The molecule has 0 radical (unpaired) electrons. The van der Waals surface area contributed by atoms with E-state index >= 15 is 0 Å². The van der Waals surface area contributed by atoms with Gasteiger partial charge in [0.15, 0.2) is 0 Å². The topological polar surface area (TPSA) is 57.5 Å². The van der Waals surface area contributed by atoms with Crippen LogP contribution in [0.25, 0.3) is 22.5 Å². The predicted molar refractivity (Wildman–Crippen MR) is 129 cm³/mol. The molecule has 164 valence electrons. The van der Waals surface area contributed by atoms with Crippen LogP contribution in [0.15, 0.2) is 53.3 Å². The van der Waals surface area contributed by atoms with Crippen molar-refractivity contribution in [3.05, 3.63) is 59.0 Å². The maximum absolute atomic E-state index is 12.8. The Bertz CT molecular complexity index is 1050. The van der Waals surface area contributed by atoms with Gasteiger partial charge < -0.3 is 14.7 Å². The molecule has 3 aromatic rings. The first-order chi connectivity index (χ1) is 14.8. The smallest absolute Gasteiger partial charge is 0.364 e. The van der Waals surface area contributed by atoms with E-state index in [1.54, 1.807) is 0 Å². The second-order valence-corrected chi connectivity index (χ2v) is 8.35. The van der Waals surface area contributed by atoms with Gasteiger partial charge in [0.1, 0.15) is 11.4 Å². The second-order valence-electron chi connectivity index (χ2n) is 8.35. The molecule has 0 N–H and O–H groups in total. The van der Waals surface area contributed by atoms with Gasteiger partial charge in [-0.2, -0.15) is 10.1 Å². The fourth-order valence-corrected chi connectivity index (χ4v) is 3.33. The van der Waals surface area contributed by atoms with E-state index in [9.17, 15) is 4.79 Å². The van der Waals surface area contributed by atoms with Gasteiger partial charge in [-0.25, -0.2) is 9.48 Å². The average Bonchev–Trinajstić information content (AvgIpc) is 2.74. The molecule has 7 heteroatoms. The first-order valence-corrected chi connectivity index (χ1v) is 10.5. The Morgan fingerprint density at radius 3 is 1.68 bits per heavy atom. The van der Waals surface area contributed by atoms with Gasteiger partial charge in [0.25, 0.3) is 0 Å². The Kier molecular flexibility index (Phi) is 7.07. The van der Waals surface area contributed by atoms with Crippen molar-refractivity contribution in [2.75, 3.05) is 58.6 Å². The molecule has 0 aliphatic heterocycles. The maximum Gasteiger partial charge on any atom is 0.364 e. The Morgan fingerprint density at radius 1 is 0.742 bits per heavy atom. The number of hydrogen-bond acceptors (Lipinski definition) is 6. The summed E-state index contributed by atoms with van der Waals surface area (Å²) >= 11 is 0. The molecule has 1 heterocycles. The molecule has 31 heavy (non-hydrogen) atoms. The van der Waals surface area contributed by atoms with E-state index in [1.165, 1.54) is 4.68 Å². The van der Waals surface area contributed by atoms with Gasteiger partial charge in [-0.05, 0) is 51.3 Å². The van der Waals surface area contributed by atoms with Crippen LogP contribution in [-0.4, -0.2) is 68.5 Å². The third-order valence-electron chi connectivity index (χ3n) is 5.16. The number of anilines is 2. The third kappa shape index (κ3) is 5.49. The molecule has 0 fully saturated rings. The van der Waals surface area contributed by atoms with Crippen molar-refractivity contribution in [1.82, 2.24) is 19.7 Å². The summed E-state index contributed by atoms with van der Waals surface area (Å²) < 4.78 is 1.48. The summed E-state index contributed by atoms with van der Waals surface area (Å²) in [6.45, 7) is 1.42. The van der Waals surface area contributed by atoms with E-state index in [2.05, 4.69) is 26.9 Å². The summed E-state index contributed by atoms with van der Waals surface area (Å²) in [7, 11) is 12.1. The number of hydrogen-bond donors (Lipinski definition) is 0. The fraction of sp³-hybridized carbons (Fsp3) is 0.375. The lowest BCUT2D eigenvalue weighted by molar-refractivity contribution is 0.376. The van der Waals surface area contributed by atoms with Crippen molar-refractivity contribution >= 4 is 11.4 Å². The molecule has 0 spiro atoms.